The van der Waals surface area contributed by atoms with Crippen LogP contribution >= 0.6 is 0 Å². The molecule has 2 aliphatic carbocycles. The Morgan fingerprint density at radius 3 is 2.09 bits per heavy atom. The molecule has 2 aliphatic rings. The molecule has 32 heavy (non-hydrogen) atoms. The zero-order valence-corrected chi connectivity index (χ0v) is 21.3. The van der Waals surface area contributed by atoms with Crippen LogP contribution in [-0.4, -0.2) is 7.11 Å². The Hall–Kier alpha value is -1.24. The summed E-state index contributed by atoms with van der Waals surface area (Å²) < 4.78 is 5.62. The van der Waals surface area contributed by atoms with E-state index in [1.807, 2.05) is 7.11 Å². The van der Waals surface area contributed by atoms with Gasteiger partial charge in [0.05, 0.1) is 7.11 Å². The summed E-state index contributed by atoms with van der Waals surface area (Å²) >= 11 is 0. The molecule has 0 aromatic heterocycles. The summed E-state index contributed by atoms with van der Waals surface area (Å²) in [7, 11) is 1.81. The molecular weight excluding hydrogens is 388 g/mol. The molecule has 1 aromatic rings. The van der Waals surface area contributed by atoms with E-state index in [1.54, 1.807) is 0 Å². The predicted molar refractivity (Wildman–Crippen MR) is 139 cm³/mol. The smallest absolute Gasteiger partial charge is 0.122 e. The van der Waals surface area contributed by atoms with Crippen LogP contribution in [0, 0.1) is 23.7 Å². The topological polar surface area (TPSA) is 9.23 Å². The summed E-state index contributed by atoms with van der Waals surface area (Å²) in [5, 5.41) is 0. The second-order valence-electron chi connectivity index (χ2n) is 10.9. The number of rotatable bonds is 13. The summed E-state index contributed by atoms with van der Waals surface area (Å²) in [5.41, 5.74) is 2.94. The Kier molecular flexibility index (Phi) is 11.2. The van der Waals surface area contributed by atoms with Crippen LogP contribution in [0.4, 0.5) is 0 Å². The van der Waals surface area contributed by atoms with E-state index < -0.39 is 0 Å². The van der Waals surface area contributed by atoms with E-state index in [0.717, 1.165) is 35.8 Å². The summed E-state index contributed by atoms with van der Waals surface area (Å²) in [6, 6.07) is 6.95. The van der Waals surface area contributed by atoms with Gasteiger partial charge in [0.1, 0.15) is 5.75 Å². The normalized spacial score (nSPS) is 26.1. The maximum absolute atomic E-state index is 5.62. The Morgan fingerprint density at radius 1 is 0.844 bits per heavy atom. The minimum Gasteiger partial charge on any atom is -0.496 e. The minimum absolute atomic E-state index is 0.951. The highest BCUT2D eigenvalue weighted by Gasteiger charge is 2.30. The molecule has 0 radical (unpaired) electrons. The van der Waals surface area contributed by atoms with Crippen LogP contribution in [0.3, 0.4) is 0 Å². The highest BCUT2D eigenvalue weighted by atomic mass is 16.5. The van der Waals surface area contributed by atoms with Gasteiger partial charge in [-0.1, -0.05) is 70.1 Å². The van der Waals surface area contributed by atoms with Gasteiger partial charge in [-0.2, -0.15) is 0 Å². The molecule has 0 spiro atoms. The van der Waals surface area contributed by atoms with Gasteiger partial charge >= 0.3 is 0 Å². The van der Waals surface area contributed by atoms with E-state index in [-0.39, 0.29) is 0 Å². The average molecular weight is 439 g/mol. The molecule has 2 fully saturated rings. The van der Waals surface area contributed by atoms with E-state index in [4.69, 9.17) is 4.74 Å². The van der Waals surface area contributed by atoms with Crippen molar-refractivity contribution < 1.29 is 4.74 Å². The Morgan fingerprint density at radius 2 is 1.50 bits per heavy atom. The van der Waals surface area contributed by atoms with Crippen molar-refractivity contribution in [1.82, 2.24) is 0 Å². The molecular formula is C31H50O. The Labute approximate surface area is 199 Å². The SMILES string of the molecule is C=CCCC[C@H]1CC[C@H](C2CCC(CCc3ccc(OC)c(CCCCC)c3)CC2)CC1. The first-order valence-electron chi connectivity index (χ1n) is 14.0. The number of methoxy groups -OCH3 is 1. The van der Waals surface area contributed by atoms with Crippen LogP contribution in [0.15, 0.2) is 30.9 Å². The van der Waals surface area contributed by atoms with Gasteiger partial charge in [-0.05, 0) is 105 Å². The second kappa shape index (κ2) is 14.1. The largest absolute Gasteiger partial charge is 0.496 e. The third-order valence-electron chi connectivity index (χ3n) is 8.71. The molecule has 180 valence electrons. The molecule has 0 amide bonds. The zero-order valence-electron chi connectivity index (χ0n) is 21.3. The fourth-order valence-corrected chi connectivity index (χ4v) is 6.57. The highest BCUT2D eigenvalue weighted by Crippen LogP contribution is 2.43. The lowest BCUT2D eigenvalue weighted by atomic mass is 9.68. The summed E-state index contributed by atoms with van der Waals surface area (Å²) in [6.45, 7) is 6.15. The molecule has 1 nitrogen and oxygen atoms in total. The Balaban J connectivity index is 1.37. The third-order valence-corrected chi connectivity index (χ3v) is 8.71. The molecule has 0 unspecified atom stereocenters. The number of hydrogen-bond acceptors (Lipinski definition) is 1. The van der Waals surface area contributed by atoms with E-state index >= 15 is 0 Å². The molecule has 0 N–H and O–H groups in total. The van der Waals surface area contributed by atoms with Gasteiger partial charge in [0.25, 0.3) is 0 Å². The molecule has 0 saturated heterocycles. The third kappa shape index (κ3) is 7.96. The molecule has 3 rings (SSSR count). The molecule has 2 saturated carbocycles. The van der Waals surface area contributed by atoms with Gasteiger partial charge in [0.2, 0.25) is 0 Å². The number of aryl methyl sites for hydroxylation is 2. The van der Waals surface area contributed by atoms with Crippen molar-refractivity contribution in [2.24, 2.45) is 23.7 Å². The maximum Gasteiger partial charge on any atom is 0.122 e. The van der Waals surface area contributed by atoms with E-state index in [0.29, 0.717) is 0 Å². The van der Waals surface area contributed by atoms with Crippen molar-refractivity contribution in [2.75, 3.05) is 7.11 Å². The van der Waals surface area contributed by atoms with Crippen molar-refractivity contribution in [1.29, 1.82) is 0 Å². The van der Waals surface area contributed by atoms with E-state index in [1.165, 1.54) is 114 Å². The van der Waals surface area contributed by atoms with Gasteiger partial charge < -0.3 is 4.74 Å². The molecule has 0 atom stereocenters. The molecule has 0 bridgehead atoms. The number of ether oxygens (including phenoxy) is 1. The van der Waals surface area contributed by atoms with Crippen molar-refractivity contribution in [3.8, 4) is 5.75 Å². The number of unbranched alkanes of at least 4 members (excludes halogenated alkanes) is 3. The lowest BCUT2D eigenvalue weighted by Gasteiger charge is -2.38. The first-order valence-corrected chi connectivity index (χ1v) is 14.0. The predicted octanol–water partition coefficient (Wildman–Crippen LogP) is 9.33. The van der Waals surface area contributed by atoms with Crippen molar-refractivity contribution >= 4 is 0 Å². The number of hydrogen-bond donors (Lipinski definition) is 0. The molecule has 0 heterocycles. The molecule has 1 aromatic carbocycles. The fourth-order valence-electron chi connectivity index (χ4n) is 6.57. The highest BCUT2D eigenvalue weighted by molar-refractivity contribution is 5.37. The van der Waals surface area contributed by atoms with Crippen LogP contribution in [0.25, 0.3) is 0 Å². The standard InChI is InChI=1S/C31H50O/c1-4-6-8-10-25-14-19-28(20-15-25)29-21-16-26(17-22-29)12-13-27-18-23-31(32-3)30(24-27)11-9-7-5-2/h4,18,23-26,28-29H,1,5-17,19-22H2,2-3H3/t25-,26?,28-,29?. The summed E-state index contributed by atoms with van der Waals surface area (Å²) in [4.78, 5) is 0. The van der Waals surface area contributed by atoms with E-state index in [2.05, 4.69) is 37.8 Å². The summed E-state index contributed by atoms with van der Waals surface area (Å²) in [6.07, 6.45) is 25.7. The summed E-state index contributed by atoms with van der Waals surface area (Å²) in [5.74, 6) is 5.12. The van der Waals surface area contributed by atoms with Gasteiger partial charge in [0.15, 0.2) is 0 Å². The van der Waals surface area contributed by atoms with Crippen LogP contribution < -0.4 is 4.74 Å². The minimum atomic E-state index is 0.951. The van der Waals surface area contributed by atoms with Gasteiger partial charge in [-0.15, -0.1) is 6.58 Å². The Bertz CT molecular complexity index is 646. The number of benzene rings is 1. The molecule has 1 heteroatoms. The van der Waals surface area contributed by atoms with Crippen LogP contribution in [0.2, 0.25) is 0 Å². The van der Waals surface area contributed by atoms with Gasteiger partial charge in [-0.3, -0.25) is 0 Å². The van der Waals surface area contributed by atoms with Crippen molar-refractivity contribution in [3.05, 3.63) is 42.0 Å². The van der Waals surface area contributed by atoms with Crippen LogP contribution in [0.5, 0.6) is 5.75 Å². The van der Waals surface area contributed by atoms with E-state index in [9.17, 15) is 0 Å². The number of allylic oxidation sites excluding steroid dienone is 1. The van der Waals surface area contributed by atoms with Crippen LogP contribution in [0.1, 0.15) is 114 Å². The van der Waals surface area contributed by atoms with Gasteiger partial charge in [-0.25, -0.2) is 0 Å². The van der Waals surface area contributed by atoms with Gasteiger partial charge in [0, 0.05) is 0 Å². The maximum atomic E-state index is 5.62. The lowest BCUT2D eigenvalue weighted by Crippen LogP contribution is -2.26. The van der Waals surface area contributed by atoms with Crippen LogP contribution in [-0.2, 0) is 12.8 Å². The monoisotopic (exact) mass is 438 g/mol. The second-order valence-corrected chi connectivity index (χ2v) is 10.9. The average Bonchev–Trinajstić information content (AvgIpc) is 2.84. The van der Waals surface area contributed by atoms with Crippen molar-refractivity contribution in [2.45, 2.75) is 116 Å². The quantitative estimate of drug-likeness (QED) is 0.220. The molecule has 0 aliphatic heterocycles. The lowest BCUT2D eigenvalue weighted by molar-refractivity contribution is 0.141. The fraction of sp³-hybridized carbons (Fsp3) is 0.742. The first-order chi connectivity index (χ1) is 15.7. The first kappa shape index (κ1) is 25.4. The van der Waals surface area contributed by atoms with Crippen molar-refractivity contribution in [3.63, 3.8) is 0 Å². The zero-order chi connectivity index (χ0) is 22.6.